The first-order chi connectivity index (χ1) is 13.5. The average Bonchev–Trinajstić information content (AvgIpc) is 2.72. The summed E-state index contributed by atoms with van der Waals surface area (Å²) in [5.41, 5.74) is 1.24. The molecule has 2 fully saturated rings. The minimum Gasteiger partial charge on any atom is -0.381 e. The number of hydrogen-bond acceptors (Lipinski definition) is 4. The van der Waals surface area contributed by atoms with Crippen LogP contribution in [0.2, 0.25) is 5.02 Å². The Labute approximate surface area is 197 Å². The Morgan fingerprint density at radius 1 is 1.31 bits per heavy atom. The van der Waals surface area contributed by atoms with E-state index in [1.807, 2.05) is 25.2 Å². The minimum atomic E-state index is 0. The summed E-state index contributed by atoms with van der Waals surface area (Å²) in [6.07, 6.45) is 4.34. The Balaban J connectivity index is 0.00000300. The Bertz CT molecular complexity index is 666. The third-order valence-electron chi connectivity index (χ3n) is 6.14. The molecule has 6 nitrogen and oxygen atoms in total. The van der Waals surface area contributed by atoms with E-state index < -0.39 is 0 Å². The van der Waals surface area contributed by atoms with Gasteiger partial charge in [-0.05, 0) is 51.9 Å². The van der Waals surface area contributed by atoms with E-state index in [9.17, 15) is 0 Å². The molecule has 0 bridgehead atoms. The van der Waals surface area contributed by atoms with Crippen LogP contribution in [0, 0.1) is 0 Å². The van der Waals surface area contributed by atoms with E-state index in [-0.39, 0.29) is 29.5 Å². The molecule has 29 heavy (non-hydrogen) atoms. The Morgan fingerprint density at radius 3 is 2.69 bits per heavy atom. The molecule has 0 radical (unpaired) electrons. The Kier molecular flexibility index (Phi) is 9.78. The van der Waals surface area contributed by atoms with Gasteiger partial charge >= 0.3 is 0 Å². The lowest BCUT2D eigenvalue weighted by Gasteiger charge is -2.43. The van der Waals surface area contributed by atoms with Crippen LogP contribution in [0.15, 0.2) is 29.3 Å². The number of benzene rings is 1. The van der Waals surface area contributed by atoms with Crippen molar-refractivity contribution in [3.63, 3.8) is 0 Å². The van der Waals surface area contributed by atoms with Gasteiger partial charge in [0.15, 0.2) is 5.96 Å². The molecule has 2 aliphatic rings. The number of guanidine groups is 1. The fourth-order valence-electron chi connectivity index (χ4n) is 4.19. The van der Waals surface area contributed by atoms with E-state index in [4.69, 9.17) is 16.3 Å². The van der Waals surface area contributed by atoms with Gasteiger partial charge in [0.1, 0.15) is 0 Å². The molecule has 0 spiro atoms. The molecule has 2 heterocycles. The second kappa shape index (κ2) is 11.6. The van der Waals surface area contributed by atoms with Gasteiger partial charge in [-0.25, -0.2) is 0 Å². The summed E-state index contributed by atoms with van der Waals surface area (Å²) in [5, 5.41) is 8.01. The maximum Gasteiger partial charge on any atom is 0.191 e. The second-order valence-corrected chi connectivity index (χ2v) is 8.45. The number of piperidine rings is 1. The van der Waals surface area contributed by atoms with E-state index in [1.165, 1.54) is 0 Å². The number of hydrogen-bond donors (Lipinski definition) is 2. The van der Waals surface area contributed by atoms with Crippen molar-refractivity contribution >= 4 is 47.2 Å². The lowest BCUT2D eigenvalue weighted by atomic mass is 9.88. The molecule has 0 saturated carbocycles. The summed E-state index contributed by atoms with van der Waals surface area (Å²) in [4.78, 5) is 9.17. The van der Waals surface area contributed by atoms with Gasteiger partial charge in [-0.1, -0.05) is 23.7 Å². The second-order valence-electron chi connectivity index (χ2n) is 8.04. The number of para-hydroxylation sites is 1. The lowest BCUT2D eigenvalue weighted by Crippen LogP contribution is -2.58. The van der Waals surface area contributed by atoms with Crippen LogP contribution in [0.1, 0.15) is 25.7 Å². The van der Waals surface area contributed by atoms with Gasteiger partial charge in [-0.15, -0.1) is 24.0 Å². The standard InChI is InChI=1S/C21H34ClN5O.HI/c1-23-20(24-16-21(26(2)3)10-13-28-14-11-21)25-17-7-6-12-27(15-17)19-9-5-4-8-18(19)22;/h4-5,8-9,17H,6-7,10-16H2,1-3H3,(H2,23,24,25);1H. The van der Waals surface area contributed by atoms with Gasteiger partial charge < -0.3 is 25.2 Å². The van der Waals surface area contributed by atoms with Crippen molar-refractivity contribution in [3.05, 3.63) is 29.3 Å². The van der Waals surface area contributed by atoms with Gasteiger partial charge in [0.2, 0.25) is 0 Å². The highest BCUT2D eigenvalue weighted by Crippen LogP contribution is 2.28. The zero-order valence-corrected chi connectivity index (χ0v) is 20.9. The summed E-state index contributed by atoms with van der Waals surface area (Å²) in [6, 6.07) is 8.44. The summed E-state index contributed by atoms with van der Waals surface area (Å²) in [6.45, 7) is 4.47. The predicted molar refractivity (Wildman–Crippen MR) is 133 cm³/mol. The van der Waals surface area contributed by atoms with Crippen molar-refractivity contribution in [2.75, 3.05) is 58.9 Å². The molecule has 0 aromatic heterocycles. The van der Waals surface area contributed by atoms with Gasteiger partial charge in [0.05, 0.1) is 10.7 Å². The number of halogens is 2. The third kappa shape index (κ3) is 6.35. The van der Waals surface area contributed by atoms with Crippen molar-refractivity contribution in [2.24, 2.45) is 4.99 Å². The molecule has 3 rings (SSSR count). The number of nitrogens with one attached hydrogen (secondary N) is 2. The molecular weight excluding hydrogens is 501 g/mol. The molecule has 0 amide bonds. The van der Waals surface area contributed by atoms with Crippen LogP contribution >= 0.6 is 35.6 Å². The van der Waals surface area contributed by atoms with Crippen molar-refractivity contribution in [1.82, 2.24) is 15.5 Å². The lowest BCUT2D eigenvalue weighted by molar-refractivity contribution is -0.00503. The van der Waals surface area contributed by atoms with Crippen LogP contribution < -0.4 is 15.5 Å². The third-order valence-corrected chi connectivity index (χ3v) is 6.46. The van der Waals surface area contributed by atoms with Crippen molar-refractivity contribution in [2.45, 2.75) is 37.3 Å². The number of rotatable bonds is 5. The van der Waals surface area contributed by atoms with E-state index in [0.29, 0.717) is 6.04 Å². The minimum absolute atomic E-state index is 0. The quantitative estimate of drug-likeness (QED) is 0.345. The number of nitrogens with zero attached hydrogens (tertiary/aromatic N) is 3. The molecule has 2 saturated heterocycles. The van der Waals surface area contributed by atoms with Crippen LogP contribution in [-0.2, 0) is 4.74 Å². The van der Waals surface area contributed by atoms with E-state index in [0.717, 1.165) is 75.2 Å². The first-order valence-corrected chi connectivity index (χ1v) is 10.6. The van der Waals surface area contributed by atoms with Crippen LogP contribution in [0.3, 0.4) is 0 Å². The highest BCUT2D eigenvalue weighted by atomic mass is 127. The smallest absolute Gasteiger partial charge is 0.191 e. The van der Waals surface area contributed by atoms with Crippen LogP contribution in [-0.4, -0.2) is 76.4 Å². The highest BCUT2D eigenvalue weighted by molar-refractivity contribution is 14.0. The van der Waals surface area contributed by atoms with Gasteiger partial charge in [0.25, 0.3) is 0 Å². The fourth-order valence-corrected chi connectivity index (χ4v) is 4.45. The molecule has 1 atom stereocenters. The van der Waals surface area contributed by atoms with E-state index in [2.05, 4.69) is 45.6 Å². The maximum atomic E-state index is 6.41. The van der Waals surface area contributed by atoms with Gasteiger partial charge in [-0.3, -0.25) is 4.99 Å². The normalized spacial score (nSPS) is 22.2. The molecule has 2 aliphatic heterocycles. The molecule has 164 valence electrons. The Morgan fingerprint density at radius 2 is 2.03 bits per heavy atom. The number of likely N-dealkylation sites (N-methyl/N-ethyl adjacent to an activating group) is 1. The zero-order chi connectivity index (χ0) is 20.0. The SMILES string of the molecule is CN=C(NCC1(N(C)C)CCOCC1)NC1CCCN(c2ccccc2Cl)C1.I. The number of ether oxygens (including phenoxy) is 1. The van der Waals surface area contributed by atoms with Crippen LogP contribution in [0.5, 0.6) is 0 Å². The molecule has 1 aromatic rings. The highest BCUT2D eigenvalue weighted by Gasteiger charge is 2.35. The van der Waals surface area contributed by atoms with Gasteiger partial charge in [0, 0.05) is 51.5 Å². The monoisotopic (exact) mass is 535 g/mol. The fraction of sp³-hybridized carbons (Fsp3) is 0.667. The molecule has 2 N–H and O–H groups in total. The largest absolute Gasteiger partial charge is 0.381 e. The topological polar surface area (TPSA) is 52.1 Å². The Hall–Kier alpha value is -0.770. The zero-order valence-electron chi connectivity index (χ0n) is 17.8. The molecular formula is C21H35ClIN5O. The maximum absolute atomic E-state index is 6.41. The molecule has 1 aromatic carbocycles. The van der Waals surface area contributed by atoms with Crippen LogP contribution in [0.25, 0.3) is 0 Å². The van der Waals surface area contributed by atoms with E-state index in [1.54, 1.807) is 0 Å². The summed E-state index contributed by atoms with van der Waals surface area (Å²) in [7, 11) is 6.16. The molecule has 1 unspecified atom stereocenters. The summed E-state index contributed by atoms with van der Waals surface area (Å²) in [5.74, 6) is 0.874. The van der Waals surface area contributed by atoms with E-state index >= 15 is 0 Å². The summed E-state index contributed by atoms with van der Waals surface area (Å²) >= 11 is 6.41. The average molecular weight is 536 g/mol. The van der Waals surface area contributed by atoms with Crippen molar-refractivity contribution < 1.29 is 4.74 Å². The van der Waals surface area contributed by atoms with Gasteiger partial charge in [-0.2, -0.15) is 0 Å². The predicted octanol–water partition coefficient (Wildman–Crippen LogP) is 3.20. The summed E-state index contributed by atoms with van der Waals surface area (Å²) < 4.78 is 5.58. The first-order valence-electron chi connectivity index (χ1n) is 10.3. The molecule has 8 heteroatoms. The number of anilines is 1. The number of aliphatic imine (C=N–C) groups is 1. The van der Waals surface area contributed by atoms with Crippen molar-refractivity contribution in [3.8, 4) is 0 Å². The molecule has 0 aliphatic carbocycles. The van der Waals surface area contributed by atoms with Crippen LogP contribution in [0.4, 0.5) is 5.69 Å². The van der Waals surface area contributed by atoms with Crippen molar-refractivity contribution in [1.29, 1.82) is 0 Å². The first kappa shape index (κ1) is 24.5.